The van der Waals surface area contributed by atoms with Crippen molar-refractivity contribution in [1.82, 2.24) is 5.32 Å². The number of methoxy groups -OCH3 is 1. The monoisotopic (exact) mass is 463 g/mol. The third-order valence-electron chi connectivity index (χ3n) is 6.41. The molecule has 1 aliphatic carbocycles. The van der Waals surface area contributed by atoms with E-state index in [2.05, 4.69) is 23.3 Å². The van der Waals surface area contributed by atoms with Gasteiger partial charge in [0.05, 0.1) is 18.9 Å². The SMILES string of the molecule is CCOC1CC(F)(c2cc(OC)c(S(N)(=O)=O)cc2C2=CN=C3CNC(C)CC=C3C2)C1. The van der Waals surface area contributed by atoms with Gasteiger partial charge in [-0.25, -0.2) is 17.9 Å². The molecule has 1 unspecified atom stereocenters. The number of fused-ring (bicyclic) bond motifs is 1. The van der Waals surface area contributed by atoms with Crippen LogP contribution >= 0.6 is 0 Å². The summed E-state index contributed by atoms with van der Waals surface area (Å²) < 4.78 is 51.4. The van der Waals surface area contributed by atoms with E-state index < -0.39 is 15.7 Å². The van der Waals surface area contributed by atoms with Crippen molar-refractivity contribution >= 4 is 21.3 Å². The molecule has 174 valence electrons. The summed E-state index contributed by atoms with van der Waals surface area (Å²) in [4.78, 5) is 4.45. The van der Waals surface area contributed by atoms with Crippen LogP contribution in [0.3, 0.4) is 0 Å². The number of benzene rings is 1. The van der Waals surface area contributed by atoms with Crippen LogP contribution < -0.4 is 15.2 Å². The number of allylic oxidation sites excluding steroid dienone is 1. The Morgan fingerprint density at radius 1 is 1.31 bits per heavy atom. The molecular weight excluding hydrogens is 433 g/mol. The number of ether oxygens (including phenoxy) is 2. The van der Waals surface area contributed by atoms with E-state index in [4.69, 9.17) is 14.6 Å². The number of halogens is 1. The maximum absolute atomic E-state index is 16.0. The predicted molar refractivity (Wildman–Crippen MR) is 122 cm³/mol. The summed E-state index contributed by atoms with van der Waals surface area (Å²) in [5.74, 6) is 0.0374. The average Bonchev–Trinajstić information content (AvgIpc) is 2.92. The first kappa shape index (κ1) is 23.1. The van der Waals surface area contributed by atoms with Crippen molar-refractivity contribution in [3.8, 4) is 5.75 Å². The fourth-order valence-corrected chi connectivity index (χ4v) is 5.30. The van der Waals surface area contributed by atoms with Crippen molar-refractivity contribution in [3.63, 3.8) is 0 Å². The van der Waals surface area contributed by atoms with Crippen LogP contribution in [0.4, 0.5) is 4.39 Å². The largest absolute Gasteiger partial charge is 0.495 e. The first-order chi connectivity index (χ1) is 15.1. The lowest BCUT2D eigenvalue weighted by Gasteiger charge is -2.42. The second-order valence-electron chi connectivity index (χ2n) is 8.70. The summed E-state index contributed by atoms with van der Waals surface area (Å²) in [6.07, 6.45) is 5.52. The van der Waals surface area contributed by atoms with E-state index in [1.165, 1.54) is 19.2 Å². The number of sulfonamides is 1. The summed E-state index contributed by atoms with van der Waals surface area (Å²) in [7, 11) is -2.72. The number of alkyl halides is 1. The third kappa shape index (κ3) is 4.39. The van der Waals surface area contributed by atoms with Gasteiger partial charge < -0.3 is 14.8 Å². The van der Waals surface area contributed by atoms with Crippen molar-refractivity contribution in [2.75, 3.05) is 20.3 Å². The van der Waals surface area contributed by atoms with E-state index in [1.54, 1.807) is 6.20 Å². The van der Waals surface area contributed by atoms with Crippen molar-refractivity contribution in [2.45, 2.75) is 62.2 Å². The fraction of sp³-hybridized carbons (Fsp3) is 0.522. The first-order valence-corrected chi connectivity index (χ1v) is 12.4. The molecular formula is C23H30FN3O4S. The lowest BCUT2D eigenvalue weighted by molar-refractivity contribution is -0.0969. The van der Waals surface area contributed by atoms with Crippen LogP contribution in [0, 0.1) is 0 Å². The Bertz CT molecular complexity index is 1100. The molecule has 1 aromatic rings. The molecule has 9 heteroatoms. The van der Waals surface area contributed by atoms with Crippen LogP contribution in [0.1, 0.15) is 50.7 Å². The highest BCUT2D eigenvalue weighted by molar-refractivity contribution is 7.89. The zero-order valence-corrected chi connectivity index (χ0v) is 19.5. The second-order valence-corrected chi connectivity index (χ2v) is 10.2. The van der Waals surface area contributed by atoms with E-state index >= 15 is 4.39 Å². The smallest absolute Gasteiger partial charge is 0.241 e. The topological polar surface area (TPSA) is 103 Å². The van der Waals surface area contributed by atoms with Gasteiger partial charge in [-0.1, -0.05) is 6.08 Å². The molecule has 1 fully saturated rings. The minimum absolute atomic E-state index is 0.0374. The normalized spacial score (nSPS) is 28.0. The minimum Gasteiger partial charge on any atom is -0.495 e. The van der Waals surface area contributed by atoms with Gasteiger partial charge in [0.1, 0.15) is 16.3 Å². The fourth-order valence-electron chi connectivity index (χ4n) is 4.59. The Hall–Kier alpha value is -2.07. The van der Waals surface area contributed by atoms with Crippen LogP contribution in [0.15, 0.2) is 39.9 Å². The lowest BCUT2D eigenvalue weighted by Crippen LogP contribution is -2.43. The molecule has 0 radical (unpaired) electrons. The number of hydrogen-bond acceptors (Lipinski definition) is 6. The Kier molecular flexibility index (Phi) is 6.28. The Morgan fingerprint density at radius 3 is 2.72 bits per heavy atom. The highest BCUT2D eigenvalue weighted by Gasteiger charge is 2.49. The lowest BCUT2D eigenvalue weighted by atomic mass is 9.71. The molecule has 32 heavy (non-hydrogen) atoms. The van der Waals surface area contributed by atoms with Gasteiger partial charge in [0.25, 0.3) is 0 Å². The van der Waals surface area contributed by atoms with Crippen LogP contribution in [0.5, 0.6) is 5.75 Å². The molecule has 0 saturated heterocycles. The Morgan fingerprint density at radius 2 is 2.06 bits per heavy atom. The standard InChI is InChI=1S/C23H30FN3O4S/c1-4-31-17-10-23(24,11-17)19-9-21(30-3)22(32(25,28)29)8-18(19)16-7-15-6-5-14(2)26-13-20(15)27-12-16/h6,8-9,12,14,17,26H,4-5,7,10-11,13H2,1-3H3,(H2,25,28,29). The number of primary sulfonamides is 1. The summed E-state index contributed by atoms with van der Waals surface area (Å²) in [6, 6.07) is 3.25. The van der Waals surface area contributed by atoms with Gasteiger partial charge in [0.15, 0.2) is 0 Å². The molecule has 7 nitrogen and oxygen atoms in total. The van der Waals surface area contributed by atoms with Crippen molar-refractivity contribution in [2.24, 2.45) is 10.1 Å². The average molecular weight is 464 g/mol. The van der Waals surface area contributed by atoms with Gasteiger partial charge in [0.2, 0.25) is 10.0 Å². The van der Waals surface area contributed by atoms with Crippen LogP contribution in [-0.4, -0.2) is 46.5 Å². The molecule has 4 rings (SSSR count). The van der Waals surface area contributed by atoms with Gasteiger partial charge in [-0.15, -0.1) is 0 Å². The molecule has 0 bridgehead atoms. The van der Waals surface area contributed by atoms with E-state index in [-0.39, 0.29) is 29.6 Å². The summed E-state index contributed by atoms with van der Waals surface area (Å²) in [5.41, 5.74) is 2.04. The zero-order valence-electron chi connectivity index (χ0n) is 18.7. The van der Waals surface area contributed by atoms with Crippen molar-refractivity contribution < 1.29 is 22.3 Å². The quantitative estimate of drug-likeness (QED) is 0.674. The maximum Gasteiger partial charge on any atom is 0.241 e. The van der Waals surface area contributed by atoms with E-state index in [0.717, 1.165) is 23.3 Å². The number of nitrogens with two attached hydrogens (primary N) is 1. The highest BCUT2D eigenvalue weighted by atomic mass is 32.2. The molecule has 2 heterocycles. The van der Waals surface area contributed by atoms with Gasteiger partial charge in [-0.05, 0) is 49.1 Å². The maximum atomic E-state index is 16.0. The summed E-state index contributed by atoms with van der Waals surface area (Å²) in [6.45, 7) is 5.18. The predicted octanol–water partition coefficient (Wildman–Crippen LogP) is 3.20. The van der Waals surface area contributed by atoms with E-state index in [0.29, 0.717) is 36.7 Å². The molecule has 1 atom stereocenters. The molecule has 3 aliphatic rings. The number of nitrogens with one attached hydrogen (secondary N) is 1. The van der Waals surface area contributed by atoms with Crippen molar-refractivity contribution in [1.29, 1.82) is 0 Å². The molecule has 3 N–H and O–H groups in total. The Balaban J connectivity index is 1.82. The molecule has 1 saturated carbocycles. The number of rotatable bonds is 6. The van der Waals surface area contributed by atoms with E-state index in [1.807, 2.05) is 6.92 Å². The van der Waals surface area contributed by atoms with Crippen molar-refractivity contribution in [3.05, 3.63) is 41.1 Å². The number of hydrogen-bond donors (Lipinski definition) is 2. The molecule has 0 spiro atoms. The molecule has 2 aliphatic heterocycles. The molecule has 0 aromatic heterocycles. The van der Waals surface area contributed by atoms with Crippen LogP contribution in [0.25, 0.3) is 5.57 Å². The second kappa shape index (κ2) is 8.70. The van der Waals surface area contributed by atoms with Gasteiger partial charge in [0, 0.05) is 50.2 Å². The van der Waals surface area contributed by atoms with Gasteiger partial charge in [-0.3, -0.25) is 4.99 Å². The molecule has 0 amide bonds. The van der Waals surface area contributed by atoms with Gasteiger partial charge >= 0.3 is 0 Å². The zero-order chi connectivity index (χ0) is 23.1. The van der Waals surface area contributed by atoms with Gasteiger partial charge in [-0.2, -0.15) is 0 Å². The molecule has 1 aromatic carbocycles. The minimum atomic E-state index is -4.07. The van der Waals surface area contributed by atoms with Crippen LogP contribution in [-0.2, 0) is 20.4 Å². The highest BCUT2D eigenvalue weighted by Crippen LogP contribution is 2.51. The number of nitrogens with zero attached hydrogens (tertiary/aromatic N) is 1. The van der Waals surface area contributed by atoms with E-state index in [9.17, 15) is 8.42 Å². The third-order valence-corrected chi connectivity index (χ3v) is 7.34. The Labute approximate surface area is 188 Å². The first-order valence-electron chi connectivity index (χ1n) is 10.9. The summed E-state index contributed by atoms with van der Waals surface area (Å²) >= 11 is 0. The number of aliphatic imine (C=N–C) groups is 1. The summed E-state index contributed by atoms with van der Waals surface area (Å²) in [5, 5.41) is 8.87. The van der Waals surface area contributed by atoms with Crippen LogP contribution in [0.2, 0.25) is 0 Å².